The lowest BCUT2D eigenvalue weighted by Crippen LogP contribution is -2.56. The van der Waals surface area contributed by atoms with Crippen LogP contribution in [-0.2, 0) is 100 Å². The number of esters is 3. The quantitative estimate of drug-likeness (QED) is 0.0254. The van der Waals surface area contributed by atoms with E-state index in [1.165, 1.54) is 37.0 Å². The summed E-state index contributed by atoms with van der Waals surface area (Å²) in [4.78, 5) is 184. The molecule has 7 rings (SSSR count). The highest BCUT2D eigenvalue weighted by molar-refractivity contribution is 7.85. The van der Waals surface area contributed by atoms with Gasteiger partial charge in [0, 0.05) is 87.9 Å². The van der Waals surface area contributed by atoms with Crippen LogP contribution >= 0.6 is 0 Å². The average molecular weight is 1490 g/mol. The first-order valence-corrected chi connectivity index (χ1v) is 36.3. The molecule has 2 saturated heterocycles. The lowest BCUT2D eigenvalue weighted by molar-refractivity contribution is -0.243. The third-order valence-electron chi connectivity index (χ3n) is 19.4. The first kappa shape index (κ1) is 82.9. The number of nitrogens with one attached hydrogen (secondary N) is 6. The van der Waals surface area contributed by atoms with Gasteiger partial charge >= 0.3 is 24.0 Å². The number of Topliss-reactive ketones (excluding diaryl/α,β-unsaturated/α-hetero) is 2. The van der Waals surface area contributed by atoms with Gasteiger partial charge in [-0.15, -0.1) is 0 Å². The fourth-order valence-corrected chi connectivity index (χ4v) is 14.3. The largest absolute Gasteiger partial charge is 0.494 e. The van der Waals surface area contributed by atoms with Crippen LogP contribution in [0.1, 0.15) is 121 Å². The molecular formula is C71H97N9O24S. The summed E-state index contributed by atoms with van der Waals surface area (Å²) in [7, 11) is 0.339. The number of unbranched alkanes of at least 4 members (excludes halogenated alkanes) is 3. The zero-order chi connectivity index (χ0) is 77.1. The number of aliphatic hydroxyl groups is 3. The van der Waals surface area contributed by atoms with Crippen molar-refractivity contribution in [3.63, 3.8) is 0 Å². The maximum absolute atomic E-state index is 15.2. The SMILES string of the molecule is C=CCOC(=O)c1cc(COC(=O)N(C)CCCCCCOc2ccc3c4c([nH]c3c2)S(=O)C[C@@H]2NC(=O)CNC(=O)[C@H]([C@@H](C)CC)NC(=O)CNC(=O)[C@@H](CC(=O)[C@H]([C@@H](C)[C@@H](O)CO)NC(=O)[C@@H]3C[C@@H](O)CN3C(=O)[C@H](CC(N)=O)CC2=O)C4)ccc1OC1O[C@H](C(=O)OC)[C@@H](OC(C)=O)[C@H](C)[C@H]1C. The summed E-state index contributed by atoms with van der Waals surface area (Å²) >= 11 is 0. The highest BCUT2D eigenvalue weighted by Gasteiger charge is 2.50. The number of hydrogen-bond acceptors (Lipinski definition) is 24. The number of carbonyl (C=O) groups excluding carboxylic acids is 13. The number of ether oxygens (including phenoxy) is 7. The number of fused-ring (bicyclic) bond motifs is 5. The number of benzene rings is 2. The Morgan fingerprint density at radius 1 is 0.867 bits per heavy atom. The molecule has 0 saturated carbocycles. The maximum atomic E-state index is 15.2. The summed E-state index contributed by atoms with van der Waals surface area (Å²) in [6, 6.07) is 3.02. The smallest absolute Gasteiger partial charge is 0.409 e. The Balaban J connectivity index is 1.09. The molecule has 0 aliphatic carbocycles. The maximum Gasteiger partial charge on any atom is 0.409 e. The van der Waals surface area contributed by atoms with Gasteiger partial charge in [0.15, 0.2) is 17.7 Å². The molecule has 576 valence electrons. The Labute approximate surface area is 609 Å². The second-order valence-electron chi connectivity index (χ2n) is 27.1. The zero-order valence-corrected chi connectivity index (χ0v) is 61.0. The van der Waals surface area contributed by atoms with Crippen molar-refractivity contribution in [3.05, 3.63) is 65.7 Å². The molecule has 0 radical (unpaired) electrons. The van der Waals surface area contributed by atoms with Gasteiger partial charge in [-0.2, -0.15) is 0 Å². The number of aromatic amines is 1. The lowest BCUT2D eigenvalue weighted by atomic mass is 9.84. The number of aromatic nitrogens is 1. The zero-order valence-electron chi connectivity index (χ0n) is 60.1. The van der Waals surface area contributed by atoms with E-state index < -0.39 is 242 Å². The van der Waals surface area contributed by atoms with Crippen LogP contribution in [0.2, 0.25) is 0 Å². The average Bonchev–Trinajstić information content (AvgIpc) is 1.77. The molecule has 105 heavy (non-hydrogen) atoms. The summed E-state index contributed by atoms with van der Waals surface area (Å²) in [5.41, 5.74) is 6.45. The van der Waals surface area contributed by atoms with Crippen LogP contribution in [0.4, 0.5) is 4.79 Å². The van der Waals surface area contributed by atoms with Gasteiger partial charge < -0.3 is 95.6 Å². The predicted molar refractivity (Wildman–Crippen MR) is 372 cm³/mol. The number of nitrogens with zero attached hydrogens (tertiary/aromatic N) is 2. The van der Waals surface area contributed by atoms with Gasteiger partial charge in [0.2, 0.25) is 47.6 Å². The summed E-state index contributed by atoms with van der Waals surface area (Å²) in [5.74, 6) is -16.9. The number of amides is 8. The van der Waals surface area contributed by atoms with Gasteiger partial charge in [-0.05, 0) is 60.6 Å². The van der Waals surface area contributed by atoms with Gasteiger partial charge in [0.25, 0.3) is 0 Å². The summed E-state index contributed by atoms with van der Waals surface area (Å²) in [5, 5.41) is 45.0. The lowest BCUT2D eigenvalue weighted by Gasteiger charge is -2.42. The minimum absolute atomic E-state index is 0.0323. The van der Waals surface area contributed by atoms with Gasteiger partial charge in [-0.3, -0.25) is 52.2 Å². The number of hydrogen-bond donors (Lipinski definition) is 10. The molecule has 2 unspecified atom stereocenters. The van der Waals surface area contributed by atoms with Crippen LogP contribution in [-0.4, -0.2) is 232 Å². The molecule has 34 heteroatoms. The Morgan fingerprint density at radius 3 is 2.25 bits per heavy atom. The van der Waals surface area contributed by atoms with Gasteiger partial charge in [-0.1, -0.05) is 72.6 Å². The van der Waals surface area contributed by atoms with E-state index in [-0.39, 0.29) is 47.2 Å². The van der Waals surface area contributed by atoms with E-state index in [4.69, 9.17) is 38.9 Å². The number of carbonyl (C=O) groups is 13. The normalized spacial score (nSPS) is 26.2. The fourth-order valence-electron chi connectivity index (χ4n) is 12.9. The summed E-state index contributed by atoms with van der Waals surface area (Å²) in [6.45, 7) is 10.3. The van der Waals surface area contributed by atoms with E-state index in [2.05, 4.69) is 38.1 Å². The third-order valence-corrected chi connectivity index (χ3v) is 20.8. The molecule has 4 aliphatic heterocycles. The number of nitrogens with two attached hydrogens (primary N) is 1. The fraction of sp³-hybridized carbons (Fsp3) is 0.592. The summed E-state index contributed by atoms with van der Waals surface area (Å²) in [6.07, 6.45) is -6.17. The molecule has 33 nitrogen and oxygen atoms in total. The van der Waals surface area contributed by atoms with Crippen molar-refractivity contribution in [2.45, 2.75) is 172 Å². The molecule has 11 N–H and O–H groups in total. The number of aliphatic hydroxyl groups excluding tert-OH is 3. The van der Waals surface area contributed by atoms with Crippen LogP contribution in [0.3, 0.4) is 0 Å². The molecular weight excluding hydrogens is 1390 g/mol. The number of methoxy groups -OCH3 is 1. The highest BCUT2D eigenvalue weighted by Crippen LogP contribution is 2.37. The second kappa shape index (κ2) is 38.6. The highest BCUT2D eigenvalue weighted by atomic mass is 32.2. The van der Waals surface area contributed by atoms with Gasteiger partial charge in [-0.25, -0.2) is 14.4 Å². The molecule has 2 aromatic carbocycles. The minimum atomic E-state index is -2.39. The van der Waals surface area contributed by atoms with E-state index >= 15 is 4.21 Å². The van der Waals surface area contributed by atoms with E-state index in [1.807, 2.05) is 0 Å². The van der Waals surface area contributed by atoms with E-state index in [1.54, 1.807) is 59.0 Å². The van der Waals surface area contributed by atoms with E-state index in [0.717, 1.165) is 12.0 Å². The Bertz CT molecular complexity index is 3740. The van der Waals surface area contributed by atoms with Crippen LogP contribution in [0, 0.1) is 35.5 Å². The number of rotatable bonds is 24. The molecule has 16 atom stereocenters. The number of ketones is 2. The van der Waals surface area contributed by atoms with Gasteiger partial charge in [0.05, 0.1) is 85.7 Å². The molecule has 2 fully saturated rings. The monoisotopic (exact) mass is 1490 g/mol. The Morgan fingerprint density at radius 2 is 1.57 bits per heavy atom. The van der Waals surface area contributed by atoms with Crippen molar-refractivity contribution in [2.75, 3.05) is 65.9 Å². The molecule has 4 aliphatic rings. The van der Waals surface area contributed by atoms with Crippen molar-refractivity contribution in [1.82, 2.24) is 41.4 Å². The number of H-pyrrole nitrogens is 1. The van der Waals surface area contributed by atoms with Crippen molar-refractivity contribution < 1.29 is 115 Å². The molecule has 0 spiro atoms. The second-order valence-corrected chi connectivity index (χ2v) is 28.5. The van der Waals surface area contributed by atoms with Crippen molar-refractivity contribution >= 4 is 98.6 Å². The van der Waals surface area contributed by atoms with E-state index in [9.17, 15) is 77.6 Å². The van der Waals surface area contributed by atoms with Crippen LogP contribution < -0.4 is 41.8 Å². The topological polar surface area (TPSA) is 473 Å². The van der Waals surface area contributed by atoms with Gasteiger partial charge in [0.1, 0.15) is 53.5 Å². The number of primary amides is 1. The Hall–Kier alpha value is -9.38. The molecule has 3 aromatic rings. The molecule has 5 heterocycles. The first-order chi connectivity index (χ1) is 49.9. The van der Waals surface area contributed by atoms with Crippen LogP contribution in [0.15, 0.2) is 54.1 Å². The van der Waals surface area contributed by atoms with Crippen LogP contribution in [0.5, 0.6) is 11.5 Å². The predicted octanol–water partition coefficient (Wildman–Crippen LogP) is 0.587. The first-order valence-electron chi connectivity index (χ1n) is 35.0. The van der Waals surface area contributed by atoms with Crippen molar-refractivity contribution in [1.29, 1.82) is 0 Å². The van der Waals surface area contributed by atoms with Crippen molar-refractivity contribution in [2.24, 2.45) is 41.2 Å². The van der Waals surface area contributed by atoms with Crippen LogP contribution in [0.25, 0.3) is 10.9 Å². The minimum Gasteiger partial charge on any atom is -0.494 e. The van der Waals surface area contributed by atoms with E-state index in [0.29, 0.717) is 55.3 Å². The molecule has 1 aromatic heterocycles. The molecule has 8 amide bonds. The summed E-state index contributed by atoms with van der Waals surface area (Å²) < 4.78 is 54.9. The molecule has 2 bridgehead atoms. The third kappa shape index (κ3) is 22.1. The van der Waals surface area contributed by atoms with Crippen molar-refractivity contribution in [3.8, 4) is 11.5 Å². The standard InChI is InChI=1S/C71H97N9O24S/c1-10-21-100-68(94)48-23-41(16-19-55(48)103-70-38(5)37(4)61(102-40(7)82)62(104-70)69(95)98-9)34-101-71(96)79(8)20-14-12-13-15-22-99-45-17-18-46-47-24-42-25-53(85)60(39(6)54(86)33-81)78-64(91)51-28-44(83)32-80(51)67(93)43(27-56(72)87)26-52(84)50(35-105(97)66(47)76-49(46)29-45)75-57(88)30-74-65(92)59(36(3)11-2)77-58(89)31-73-63(42)90/h10,16-19,23,29,36-39,42-44,50-51,54,59-62,70,76,81,83,86H,1,11-15,20-22,24-28,30-35H2,2-9H3,(H2,72,87)(H,73,90)(H,74,92)(H,75,88)(H,77,89)(H,78,91)/t36-,37+,38+,39-,42+,43-,44+,50-,51-,54-,59-,60-,61-,62-,70?,105?/m0/s1. The Kier molecular flexibility index (Phi) is 30.5.